The van der Waals surface area contributed by atoms with E-state index in [4.69, 9.17) is 9.84 Å². The molecule has 1 N–H and O–H groups in total. The molecule has 0 atom stereocenters. The number of hydrogen-bond donors (Lipinski definition) is 1. The summed E-state index contributed by atoms with van der Waals surface area (Å²) in [6.45, 7) is 5.19. The van der Waals surface area contributed by atoms with Crippen LogP contribution in [0.2, 0.25) is 0 Å². The second-order valence-corrected chi connectivity index (χ2v) is 5.09. The molecule has 0 bridgehead atoms. The lowest BCUT2D eigenvalue weighted by Gasteiger charge is -2.19. The topological polar surface area (TPSA) is 81.4 Å². The van der Waals surface area contributed by atoms with Crippen molar-refractivity contribution in [2.75, 3.05) is 0 Å². The Balaban J connectivity index is 2.56. The molecule has 6 heteroatoms. The number of ether oxygens (including phenoxy) is 1. The Hall–Kier alpha value is -2.37. The summed E-state index contributed by atoms with van der Waals surface area (Å²) in [5, 5.41) is 13.6. The third kappa shape index (κ3) is 2.57. The van der Waals surface area contributed by atoms with E-state index in [9.17, 15) is 9.59 Å². The fourth-order valence-corrected chi connectivity index (χ4v) is 1.70. The van der Waals surface area contributed by atoms with Crippen LogP contribution in [0.15, 0.2) is 24.4 Å². The lowest BCUT2D eigenvalue weighted by Crippen LogP contribution is -2.28. The number of carboxylic acids is 1. The smallest absolute Gasteiger partial charge is 0.435 e. The monoisotopic (exact) mass is 262 g/mol. The fraction of sp³-hybridized carbons (Fsp3) is 0.308. The van der Waals surface area contributed by atoms with Gasteiger partial charge in [0.15, 0.2) is 0 Å². The zero-order valence-electron chi connectivity index (χ0n) is 10.9. The summed E-state index contributed by atoms with van der Waals surface area (Å²) in [5.41, 5.74) is -0.418. The van der Waals surface area contributed by atoms with E-state index in [2.05, 4.69) is 5.10 Å². The number of fused-ring (bicyclic) bond motifs is 1. The van der Waals surface area contributed by atoms with Crippen LogP contribution in [-0.2, 0) is 4.74 Å². The average molecular weight is 262 g/mol. The number of rotatable bonds is 1. The van der Waals surface area contributed by atoms with Crippen LogP contribution in [-0.4, -0.2) is 32.6 Å². The molecule has 19 heavy (non-hydrogen) atoms. The summed E-state index contributed by atoms with van der Waals surface area (Å²) in [5.74, 6) is -1.11. The summed E-state index contributed by atoms with van der Waals surface area (Å²) >= 11 is 0. The first kappa shape index (κ1) is 13.1. The van der Waals surface area contributed by atoms with Gasteiger partial charge < -0.3 is 9.84 Å². The highest BCUT2D eigenvalue weighted by Gasteiger charge is 2.22. The van der Waals surface area contributed by atoms with Crippen molar-refractivity contribution in [1.82, 2.24) is 9.78 Å². The van der Waals surface area contributed by atoms with Gasteiger partial charge in [0.25, 0.3) is 0 Å². The number of aromatic nitrogens is 2. The van der Waals surface area contributed by atoms with Gasteiger partial charge in [-0.25, -0.2) is 9.59 Å². The van der Waals surface area contributed by atoms with Gasteiger partial charge in [-0.2, -0.15) is 9.78 Å². The number of carbonyl (C=O) groups is 2. The minimum atomic E-state index is -1.11. The van der Waals surface area contributed by atoms with Crippen molar-refractivity contribution >= 4 is 23.0 Å². The number of para-hydroxylation sites is 1. The highest BCUT2D eigenvalue weighted by molar-refractivity contribution is 6.04. The molecule has 0 aliphatic heterocycles. The van der Waals surface area contributed by atoms with Crippen LogP contribution in [0.3, 0.4) is 0 Å². The van der Waals surface area contributed by atoms with Crippen molar-refractivity contribution in [3.63, 3.8) is 0 Å². The maximum absolute atomic E-state index is 12.0. The molecule has 0 saturated heterocycles. The normalized spacial score (nSPS) is 11.5. The second-order valence-electron chi connectivity index (χ2n) is 5.09. The van der Waals surface area contributed by atoms with Gasteiger partial charge in [-0.3, -0.25) is 0 Å². The Morgan fingerprint density at radius 3 is 2.58 bits per heavy atom. The molecular formula is C13H14N2O4. The van der Waals surface area contributed by atoms with Gasteiger partial charge in [-0.05, 0) is 26.8 Å². The summed E-state index contributed by atoms with van der Waals surface area (Å²) in [6, 6.07) is 4.72. The zero-order chi connectivity index (χ0) is 14.2. The molecule has 0 aliphatic rings. The van der Waals surface area contributed by atoms with E-state index in [1.165, 1.54) is 12.3 Å². The van der Waals surface area contributed by atoms with E-state index in [1.54, 1.807) is 32.9 Å². The number of nitrogens with zero attached hydrogens (tertiary/aromatic N) is 2. The molecule has 2 rings (SSSR count). The fourth-order valence-electron chi connectivity index (χ4n) is 1.70. The SMILES string of the molecule is CC(C)(C)OC(=O)n1ncc2cccc(C(=O)O)c21. The van der Waals surface area contributed by atoms with Gasteiger partial charge in [-0.15, -0.1) is 0 Å². The zero-order valence-corrected chi connectivity index (χ0v) is 10.9. The van der Waals surface area contributed by atoms with Gasteiger partial charge in [0.2, 0.25) is 0 Å². The van der Waals surface area contributed by atoms with Gasteiger partial charge in [-0.1, -0.05) is 12.1 Å². The van der Waals surface area contributed by atoms with E-state index < -0.39 is 17.7 Å². The summed E-state index contributed by atoms with van der Waals surface area (Å²) in [4.78, 5) is 23.2. The quantitative estimate of drug-likeness (QED) is 0.853. The van der Waals surface area contributed by atoms with E-state index in [1.807, 2.05) is 0 Å². The number of carboxylic acid groups (broad SMARTS) is 1. The van der Waals surface area contributed by atoms with Crippen LogP contribution in [0.5, 0.6) is 0 Å². The van der Waals surface area contributed by atoms with Crippen LogP contribution < -0.4 is 0 Å². The summed E-state index contributed by atoms with van der Waals surface area (Å²) < 4.78 is 6.17. The third-order valence-electron chi connectivity index (χ3n) is 2.39. The molecule has 100 valence electrons. The Labute approximate surface area is 109 Å². The van der Waals surface area contributed by atoms with Crippen molar-refractivity contribution in [3.05, 3.63) is 30.0 Å². The molecule has 1 aromatic heterocycles. The molecule has 1 heterocycles. The number of carbonyl (C=O) groups excluding carboxylic acids is 1. The molecule has 0 unspecified atom stereocenters. The Morgan fingerprint density at radius 2 is 2.00 bits per heavy atom. The van der Waals surface area contributed by atoms with Crippen molar-refractivity contribution in [2.24, 2.45) is 0 Å². The summed E-state index contributed by atoms with van der Waals surface area (Å²) in [7, 11) is 0. The van der Waals surface area contributed by atoms with Gasteiger partial charge in [0.1, 0.15) is 5.60 Å². The molecule has 1 aromatic carbocycles. The van der Waals surface area contributed by atoms with Gasteiger partial charge in [0, 0.05) is 5.39 Å². The molecule has 0 radical (unpaired) electrons. The second kappa shape index (κ2) is 4.38. The number of aromatic carboxylic acids is 1. The van der Waals surface area contributed by atoms with Crippen molar-refractivity contribution in [1.29, 1.82) is 0 Å². The molecular weight excluding hydrogens is 248 g/mol. The maximum Gasteiger partial charge on any atom is 0.435 e. The van der Waals surface area contributed by atoms with Gasteiger partial charge >= 0.3 is 12.1 Å². The average Bonchev–Trinajstić information content (AvgIpc) is 2.69. The van der Waals surface area contributed by atoms with Crippen LogP contribution in [0, 0.1) is 0 Å². The lowest BCUT2D eigenvalue weighted by atomic mass is 10.1. The highest BCUT2D eigenvalue weighted by atomic mass is 16.6. The van der Waals surface area contributed by atoms with Crippen molar-refractivity contribution < 1.29 is 19.4 Å². The van der Waals surface area contributed by atoms with E-state index in [0.29, 0.717) is 5.39 Å². The molecule has 0 saturated carbocycles. The molecule has 2 aromatic rings. The number of benzene rings is 1. The first-order valence-corrected chi connectivity index (χ1v) is 5.73. The van der Waals surface area contributed by atoms with Crippen LogP contribution in [0.4, 0.5) is 4.79 Å². The minimum absolute atomic E-state index is 0.0147. The van der Waals surface area contributed by atoms with Crippen LogP contribution in [0.25, 0.3) is 10.9 Å². The maximum atomic E-state index is 12.0. The standard InChI is InChI=1S/C13H14N2O4/c1-13(2,3)19-12(18)15-10-8(7-14-15)5-4-6-9(10)11(16)17/h4-7H,1-3H3,(H,16,17). The Kier molecular flexibility index (Phi) is 3.01. The summed E-state index contributed by atoms with van der Waals surface area (Å²) in [6.07, 6.45) is 0.738. The van der Waals surface area contributed by atoms with E-state index >= 15 is 0 Å². The molecule has 0 amide bonds. The predicted octanol–water partition coefficient (Wildman–Crippen LogP) is 2.52. The van der Waals surface area contributed by atoms with Gasteiger partial charge in [0.05, 0.1) is 17.3 Å². The molecule has 0 fully saturated rings. The van der Waals surface area contributed by atoms with Crippen molar-refractivity contribution in [2.45, 2.75) is 26.4 Å². The van der Waals surface area contributed by atoms with Crippen LogP contribution >= 0.6 is 0 Å². The minimum Gasteiger partial charge on any atom is -0.478 e. The molecule has 0 spiro atoms. The van der Waals surface area contributed by atoms with Crippen LogP contribution in [0.1, 0.15) is 31.1 Å². The molecule has 6 nitrogen and oxygen atoms in total. The molecule has 0 aliphatic carbocycles. The largest absolute Gasteiger partial charge is 0.478 e. The lowest BCUT2D eigenvalue weighted by molar-refractivity contribution is 0.0522. The number of hydrogen-bond acceptors (Lipinski definition) is 4. The van der Waals surface area contributed by atoms with Crippen molar-refractivity contribution in [3.8, 4) is 0 Å². The Morgan fingerprint density at radius 1 is 1.32 bits per heavy atom. The van der Waals surface area contributed by atoms with E-state index in [0.717, 1.165) is 4.68 Å². The van der Waals surface area contributed by atoms with E-state index in [-0.39, 0.29) is 11.1 Å². The highest BCUT2D eigenvalue weighted by Crippen LogP contribution is 2.20. The first-order valence-electron chi connectivity index (χ1n) is 5.73. The third-order valence-corrected chi connectivity index (χ3v) is 2.39. The predicted molar refractivity (Wildman–Crippen MR) is 68.3 cm³/mol. The Bertz CT molecular complexity index is 652. The first-order chi connectivity index (χ1) is 8.79.